The highest BCUT2D eigenvalue weighted by atomic mass is 79.9. The zero-order chi connectivity index (χ0) is 18.6. The van der Waals surface area contributed by atoms with Gasteiger partial charge in [0.2, 0.25) is 11.6 Å². The molecular weight excluding hydrogens is 406 g/mol. The number of carbonyl (C=O) groups excluding carboxylic acids is 2. The molecule has 2 aliphatic heterocycles. The van der Waals surface area contributed by atoms with Crippen molar-refractivity contribution in [2.45, 2.75) is 44.2 Å². The van der Waals surface area contributed by atoms with Gasteiger partial charge in [0.25, 0.3) is 0 Å². The molecule has 0 saturated carbocycles. The Balaban J connectivity index is 1.48. The number of fused-ring (bicyclic) bond motifs is 2. The van der Waals surface area contributed by atoms with Gasteiger partial charge in [0.05, 0.1) is 4.48 Å². The maximum atomic E-state index is 12.7. The molecule has 26 heavy (non-hydrogen) atoms. The molecule has 0 aromatic heterocycles. The number of allylic oxidation sites excluding steroid dienone is 2. The van der Waals surface area contributed by atoms with E-state index in [0.717, 1.165) is 0 Å². The molecule has 4 rings (SSSR count). The van der Waals surface area contributed by atoms with Crippen LogP contribution in [0.4, 0.5) is 0 Å². The molecular formula is C18H18BrNO6. The number of hydrogen-bond donors (Lipinski definition) is 2. The van der Waals surface area contributed by atoms with Gasteiger partial charge >= 0.3 is 0 Å². The first-order valence-electron chi connectivity index (χ1n) is 8.30. The number of carbonyl (C=O) groups is 2. The number of nitrogens with one attached hydrogen (secondary N) is 1. The molecule has 2 heterocycles. The van der Waals surface area contributed by atoms with Gasteiger partial charge in [0.15, 0.2) is 12.1 Å². The van der Waals surface area contributed by atoms with E-state index in [0.29, 0.717) is 11.1 Å². The third-order valence-corrected chi connectivity index (χ3v) is 5.41. The third-order valence-electron chi connectivity index (χ3n) is 4.66. The number of aliphatic hydroxyl groups excluding tert-OH is 1. The fourth-order valence-electron chi connectivity index (χ4n) is 3.43. The van der Waals surface area contributed by atoms with Gasteiger partial charge in [0, 0.05) is 17.7 Å². The first kappa shape index (κ1) is 17.8. The van der Waals surface area contributed by atoms with Gasteiger partial charge in [-0.1, -0.05) is 24.3 Å². The second kappa shape index (κ2) is 6.24. The van der Waals surface area contributed by atoms with E-state index in [2.05, 4.69) is 21.2 Å². The van der Waals surface area contributed by atoms with Crippen molar-refractivity contribution in [3.8, 4) is 0 Å². The lowest BCUT2D eigenvalue weighted by atomic mass is 9.92. The van der Waals surface area contributed by atoms with E-state index in [1.807, 2.05) is 0 Å². The Kier molecular flexibility index (Phi) is 4.28. The Morgan fingerprint density at radius 3 is 2.46 bits per heavy atom. The van der Waals surface area contributed by atoms with Crippen LogP contribution >= 0.6 is 15.9 Å². The van der Waals surface area contributed by atoms with Crippen molar-refractivity contribution < 1.29 is 28.9 Å². The standard InChI is InChI=1S/C18H18BrNO6/c1-18(2)25-16-15(23)10(24-17(16)26-18)7-20-12-11(19)13(21)8-5-3-4-6-9(8)14(12)22/h3-6,10,15-17,20,23H,7H2,1-2H3/t10-,15+,16-,17-/m1/s1. The summed E-state index contributed by atoms with van der Waals surface area (Å²) in [6.07, 6.45) is -2.78. The van der Waals surface area contributed by atoms with Gasteiger partial charge in [-0.05, 0) is 29.8 Å². The van der Waals surface area contributed by atoms with Crippen molar-refractivity contribution >= 4 is 27.5 Å². The van der Waals surface area contributed by atoms with Gasteiger partial charge < -0.3 is 24.6 Å². The number of benzene rings is 1. The van der Waals surface area contributed by atoms with Crippen LogP contribution in [0.1, 0.15) is 34.6 Å². The van der Waals surface area contributed by atoms with Crippen molar-refractivity contribution in [2.75, 3.05) is 6.54 Å². The molecule has 4 atom stereocenters. The zero-order valence-electron chi connectivity index (χ0n) is 14.2. The molecule has 0 spiro atoms. The van der Waals surface area contributed by atoms with E-state index in [-0.39, 0.29) is 28.3 Å². The second-order valence-electron chi connectivity index (χ2n) is 6.91. The number of Topliss-reactive ketones (excluding diaryl/α,β-unsaturated/α-hetero) is 2. The minimum atomic E-state index is -0.907. The van der Waals surface area contributed by atoms with E-state index in [1.54, 1.807) is 38.1 Å². The fourth-order valence-corrected chi connectivity index (χ4v) is 3.97. The normalized spacial score (nSPS) is 32.6. The summed E-state index contributed by atoms with van der Waals surface area (Å²) >= 11 is 3.21. The molecule has 1 aliphatic carbocycles. The SMILES string of the molecule is CC1(C)O[C@H]2O[C@H](CNC3=C(Br)C(=O)c4ccccc4C3=O)[C@H](O)[C@H]2O1. The maximum Gasteiger partial charge on any atom is 0.210 e. The average molecular weight is 424 g/mol. The number of ether oxygens (including phenoxy) is 3. The summed E-state index contributed by atoms with van der Waals surface area (Å²) in [4.78, 5) is 25.1. The van der Waals surface area contributed by atoms with Crippen LogP contribution in [0.5, 0.6) is 0 Å². The van der Waals surface area contributed by atoms with Crippen LogP contribution in [0.15, 0.2) is 34.4 Å². The Bertz CT molecular complexity index is 820. The highest BCUT2D eigenvalue weighted by molar-refractivity contribution is 9.12. The van der Waals surface area contributed by atoms with Crippen LogP contribution in [0.2, 0.25) is 0 Å². The molecule has 2 saturated heterocycles. The minimum Gasteiger partial charge on any atom is -0.387 e. The Morgan fingerprint density at radius 1 is 1.15 bits per heavy atom. The van der Waals surface area contributed by atoms with E-state index < -0.39 is 30.4 Å². The largest absolute Gasteiger partial charge is 0.387 e. The summed E-state index contributed by atoms with van der Waals surface area (Å²) in [5.74, 6) is -1.36. The molecule has 1 aromatic rings. The summed E-state index contributed by atoms with van der Waals surface area (Å²) in [5, 5.41) is 13.4. The summed E-state index contributed by atoms with van der Waals surface area (Å²) in [6.45, 7) is 3.63. The molecule has 8 heteroatoms. The van der Waals surface area contributed by atoms with E-state index in [1.165, 1.54) is 0 Å². The fraction of sp³-hybridized carbons (Fsp3) is 0.444. The van der Waals surface area contributed by atoms with Gasteiger partial charge in [-0.25, -0.2) is 0 Å². The quantitative estimate of drug-likeness (QED) is 0.760. The maximum absolute atomic E-state index is 12.7. The first-order chi connectivity index (χ1) is 12.3. The summed E-state index contributed by atoms with van der Waals surface area (Å²) in [5.41, 5.74) is 0.871. The number of ketones is 2. The van der Waals surface area contributed by atoms with Crippen molar-refractivity contribution in [1.82, 2.24) is 5.32 Å². The van der Waals surface area contributed by atoms with E-state index in [9.17, 15) is 14.7 Å². The van der Waals surface area contributed by atoms with Crippen LogP contribution in [0.25, 0.3) is 0 Å². The first-order valence-corrected chi connectivity index (χ1v) is 9.09. The lowest BCUT2D eigenvalue weighted by Gasteiger charge is -2.24. The number of aliphatic hydroxyl groups is 1. The monoisotopic (exact) mass is 423 g/mol. The van der Waals surface area contributed by atoms with Crippen molar-refractivity contribution in [3.05, 3.63) is 45.6 Å². The molecule has 2 N–H and O–H groups in total. The zero-order valence-corrected chi connectivity index (χ0v) is 15.8. The van der Waals surface area contributed by atoms with Crippen LogP contribution in [-0.2, 0) is 14.2 Å². The smallest absolute Gasteiger partial charge is 0.210 e. The number of rotatable bonds is 3. The molecule has 0 amide bonds. The molecule has 0 radical (unpaired) electrons. The number of halogens is 1. The summed E-state index contributed by atoms with van der Waals surface area (Å²) in [6, 6.07) is 6.66. The Morgan fingerprint density at radius 2 is 1.81 bits per heavy atom. The lowest BCUT2D eigenvalue weighted by molar-refractivity contribution is -0.213. The molecule has 1 aromatic carbocycles. The highest BCUT2D eigenvalue weighted by Gasteiger charge is 2.54. The average Bonchev–Trinajstić information content (AvgIpc) is 3.05. The predicted molar refractivity (Wildman–Crippen MR) is 93.8 cm³/mol. The molecule has 138 valence electrons. The van der Waals surface area contributed by atoms with Crippen LogP contribution in [0.3, 0.4) is 0 Å². The highest BCUT2D eigenvalue weighted by Crippen LogP contribution is 2.37. The van der Waals surface area contributed by atoms with Gasteiger partial charge in [0.1, 0.15) is 24.0 Å². The molecule has 0 unspecified atom stereocenters. The van der Waals surface area contributed by atoms with Crippen LogP contribution in [-0.4, -0.2) is 53.6 Å². The second-order valence-corrected chi connectivity index (χ2v) is 7.70. The van der Waals surface area contributed by atoms with Gasteiger partial charge in [-0.2, -0.15) is 0 Å². The predicted octanol–water partition coefficient (Wildman–Crippen LogP) is 1.50. The van der Waals surface area contributed by atoms with E-state index >= 15 is 0 Å². The number of hydrogen-bond acceptors (Lipinski definition) is 7. The lowest BCUT2D eigenvalue weighted by Crippen LogP contribution is -2.41. The molecule has 3 aliphatic rings. The van der Waals surface area contributed by atoms with Crippen LogP contribution in [0, 0.1) is 0 Å². The molecule has 2 fully saturated rings. The van der Waals surface area contributed by atoms with Gasteiger partial charge in [-0.15, -0.1) is 0 Å². The Hall–Kier alpha value is -1.58. The molecule has 0 bridgehead atoms. The van der Waals surface area contributed by atoms with E-state index in [4.69, 9.17) is 14.2 Å². The Labute approximate surface area is 158 Å². The minimum absolute atomic E-state index is 0.132. The van der Waals surface area contributed by atoms with Crippen molar-refractivity contribution in [2.24, 2.45) is 0 Å². The summed E-state index contributed by atoms with van der Waals surface area (Å²) < 4.78 is 17.1. The van der Waals surface area contributed by atoms with Gasteiger partial charge in [-0.3, -0.25) is 9.59 Å². The third kappa shape index (κ3) is 2.82. The van der Waals surface area contributed by atoms with Crippen molar-refractivity contribution in [1.29, 1.82) is 0 Å². The molecule has 7 nitrogen and oxygen atoms in total. The topological polar surface area (TPSA) is 94.1 Å². The summed E-state index contributed by atoms with van der Waals surface area (Å²) in [7, 11) is 0. The van der Waals surface area contributed by atoms with Crippen molar-refractivity contribution in [3.63, 3.8) is 0 Å². The van der Waals surface area contributed by atoms with Crippen LogP contribution < -0.4 is 5.32 Å².